The van der Waals surface area contributed by atoms with Crippen molar-refractivity contribution in [3.63, 3.8) is 0 Å². The molecule has 44 valence electrons. The van der Waals surface area contributed by atoms with Crippen LogP contribution in [0.25, 0.3) is 0 Å². The molecule has 0 saturated heterocycles. The van der Waals surface area contributed by atoms with Gasteiger partial charge in [-0.15, -0.1) is 0 Å². The molecular weight excluding hydrogens is 114 g/mol. The van der Waals surface area contributed by atoms with Crippen LogP contribution < -0.4 is 5.32 Å². The van der Waals surface area contributed by atoms with Crippen molar-refractivity contribution in [1.29, 1.82) is 0 Å². The van der Waals surface area contributed by atoms with Gasteiger partial charge in [0.05, 0.1) is 12.0 Å². The van der Waals surface area contributed by atoms with Crippen LogP contribution in [0.5, 0.6) is 0 Å². The van der Waals surface area contributed by atoms with Gasteiger partial charge in [-0.2, -0.15) is 0 Å². The van der Waals surface area contributed by atoms with Crippen LogP contribution in [-0.4, -0.2) is 5.60 Å². The van der Waals surface area contributed by atoms with Crippen LogP contribution in [0, 0.1) is 0 Å². The minimum absolute atomic E-state index is 0.0972. The molecule has 1 unspecified atom stereocenters. The summed E-state index contributed by atoms with van der Waals surface area (Å²) in [6, 6.07) is 0. The molecule has 3 rings (SSSR count). The predicted octanol–water partition coefficient (Wildman–Crippen LogP) is 0.654. The van der Waals surface area contributed by atoms with E-state index in [-0.39, 0.29) is 5.60 Å². The summed E-state index contributed by atoms with van der Waals surface area (Å²) in [5.41, 5.74) is 2.33. The van der Waals surface area contributed by atoms with Crippen LogP contribution in [0.1, 0.15) is 0 Å². The lowest BCUT2D eigenvalue weighted by atomic mass is 10.1. The number of hydrogen-bond acceptors (Lipinski definition) is 2. The van der Waals surface area contributed by atoms with Gasteiger partial charge in [-0.1, -0.05) is 0 Å². The van der Waals surface area contributed by atoms with Crippen LogP contribution in [0.4, 0.5) is 0 Å². The van der Waals surface area contributed by atoms with Gasteiger partial charge in [0.25, 0.3) is 0 Å². The zero-order chi connectivity index (χ0) is 5.90. The monoisotopic (exact) mass is 119 g/mol. The molecule has 2 heteroatoms. The molecule has 0 aromatic heterocycles. The van der Waals surface area contributed by atoms with Crippen LogP contribution in [0.3, 0.4) is 0 Å². The largest absolute Gasteiger partial charge is 0.480 e. The number of ether oxygens (including phenoxy) is 1. The van der Waals surface area contributed by atoms with Gasteiger partial charge in [-0.05, 0) is 12.2 Å². The molecule has 1 atom stereocenters. The van der Waals surface area contributed by atoms with E-state index < -0.39 is 0 Å². The van der Waals surface area contributed by atoms with Crippen molar-refractivity contribution < 1.29 is 4.74 Å². The average Bonchev–Trinajstić information content (AvgIpc) is 2.30. The standard InChI is InChI=1S/C7H5NO/c1-2-9-7-3-6(7)8-4-5(1)7/h1-4,8H. The third kappa shape index (κ3) is 0.238. The van der Waals surface area contributed by atoms with E-state index in [9.17, 15) is 0 Å². The topological polar surface area (TPSA) is 21.3 Å². The molecule has 9 heavy (non-hydrogen) atoms. The van der Waals surface area contributed by atoms with Gasteiger partial charge in [0.1, 0.15) is 0 Å². The molecule has 0 radical (unpaired) electrons. The van der Waals surface area contributed by atoms with E-state index in [1.807, 2.05) is 12.3 Å². The number of rotatable bonds is 0. The molecule has 1 aliphatic carbocycles. The Bertz CT molecular complexity index is 275. The fourth-order valence-electron chi connectivity index (χ4n) is 1.37. The van der Waals surface area contributed by atoms with Crippen molar-refractivity contribution in [3.05, 3.63) is 35.9 Å². The Kier molecular flexibility index (Phi) is 0.342. The van der Waals surface area contributed by atoms with E-state index in [1.165, 1.54) is 11.3 Å². The van der Waals surface area contributed by atoms with E-state index in [4.69, 9.17) is 4.74 Å². The fraction of sp³-hybridized carbons (Fsp3) is 0.143. The first-order valence-electron chi connectivity index (χ1n) is 2.97. The van der Waals surface area contributed by atoms with E-state index >= 15 is 0 Å². The summed E-state index contributed by atoms with van der Waals surface area (Å²) in [6.45, 7) is 0. The van der Waals surface area contributed by atoms with Gasteiger partial charge in [0, 0.05) is 11.8 Å². The molecule has 1 N–H and O–H groups in total. The molecule has 0 bridgehead atoms. The van der Waals surface area contributed by atoms with Crippen molar-refractivity contribution in [3.8, 4) is 0 Å². The first-order valence-corrected chi connectivity index (χ1v) is 2.97. The SMILES string of the molecule is C1=CC2=CNC3=CC23O1. The maximum Gasteiger partial charge on any atom is 0.194 e. The second kappa shape index (κ2) is 0.817. The Morgan fingerprint density at radius 2 is 2.56 bits per heavy atom. The summed E-state index contributed by atoms with van der Waals surface area (Å²) in [5, 5.41) is 3.11. The highest BCUT2D eigenvalue weighted by Crippen LogP contribution is 2.50. The third-order valence-corrected chi connectivity index (χ3v) is 1.98. The lowest BCUT2D eigenvalue weighted by Gasteiger charge is -2.05. The van der Waals surface area contributed by atoms with Crippen molar-refractivity contribution in [2.45, 2.75) is 5.60 Å². The second-order valence-electron chi connectivity index (χ2n) is 2.46. The molecular formula is C7H5NO. The lowest BCUT2D eigenvalue weighted by molar-refractivity contribution is 0.195. The highest BCUT2D eigenvalue weighted by atomic mass is 16.5. The highest BCUT2D eigenvalue weighted by molar-refractivity contribution is 5.63. The summed E-state index contributed by atoms with van der Waals surface area (Å²) in [4.78, 5) is 0. The van der Waals surface area contributed by atoms with Crippen molar-refractivity contribution in [1.82, 2.24) is 5.32 Å². The van der Waals surface area contributed by atoms with Crippen LogP contribution in [-0.2, 0) is 4.74 Å². The number of dihydropyridines is 1. The van der Waals surface area contributed by atoms with E-state index in [1.54, 1.807) is 6.26 Å². The highest BCUT2D eigenvalue weighted by Gasteiger charge is 2.54. The molecule has 0 aromatic carbocycles. The molecule has 0 fully saturated rings. The molecule has 2 aliphatic heterocycles. The zero-order valence-corrected chi connectivity index (χ0v) is 4.72. The number of hydrogen-bond donors (Lipinski definition) is 1. The predicted molar refractivity (Wildman–Crippen MR) is 32.3 cm³/mol. The Morgan fingerprint density at radius 1 is 1.56 bits per heavy atom. The molecule has 0 amide bonds. The van der Waals surface area contributed by atoms with Gasteiger partial charge >= 0.3 is 0 Å². The Morgan fingerprint density at radius 3 is 3.33 bits per heavy atom. The summed E-state index contributed by atoms with van der Waals surface area (Å²) >= 11 is 0. The first kappa shape index (κ1) is 3.77. The molecule has 1 spiro atoms. The van der Waals surface area contributed by atoms with Gasteiger partial charge in [0.2, 0.25) is 0 Å². The van der Waals surface area contributed by atoms with Crippen molar-refractivity contribution in [2.24, 2.45) is 0 Å². The molecule has 0 saturated carbocycles. The van der Waals surface area contributed by atoms with Crippen LogP contribution >= 0.6 is 0 Å². The quantitative estimate of drug-likeness (QED) is 0.505. The minimum Gasteiger partial charge on any atom is -0.480 e. The Hall–Kier alpha value is -1.18. The van der Waals surface area contributed by atoms with Gasteiger partial charge < -0.3 is 10.1 Å². The second-order valence-corrected chi connectivity index (χ2v) is 2.46. The third-order valence-electron chi connectivity index (χ3n) is 1.98. The smallest absolute Gasteiger partial charge is 0.194 e. The molecule has 0 aromatic rings. The van der Waals surface area contributed by atoms with Crippen molar-refractivity contribution >= 4 is 0 Å². The lowest BCUT2D eigenvalue weighted by Crippen LogP contribution is -2.11. The van der Waals surface area contributed by atoms with Gasteiger partial charge in [-0.25, -0.2) is 0 Å². The Balaban J connectivity index is 2.21. The summed E-state index contributed by atoms with van der Waals surface area (Å²) in [6.07, 6.45) is 7.81. The summed E-state index contributed by atoms with van der Waals surface area (Å²) < 4.78 is 5.33. The zero-order valence-electron chi connectivity index (χ0n) is 4.72. The van der Waals surface area contributed by atoms with Gasteiger partial charge in [0.15, 0.2) is 5.60 Å². The maximum atomic E-state index is 5.33. The summed E-state index contributed by atoms with van der Waals surface area (Å²) in [5.74, 6) is 0. The maximum absolute atomic E-state index is 5.33. The Labute approximate surface area is 52.5 Å². The van der Waals surface area contributed by atoms with E-state index in [0.29, 0.717) is 0 Å². The average molecular weight is 119 g/mol. The molecule has 3 aliphatic rings. The number of nitrogens with one attached hydrogen (secondary N) is 1. The molecule has 2 heterocycles. The first-order chi connectivity index (χ1) is 4.42. The minimum atomic E-state index is -0.0972. The normalized spacial score (nSPS) is 40.0. The van der Waals surface area contributed by atoms with E-state index in [0.717, 1.165) is 0 Å². The molecule has 2 nitrogen and oxygen atoms in total. The fourth-order valence-corrected chi connectivity index (χ4v) is 1.37. The van der Waals surface area contributed by atoms with Crippen molar-refractivity contribution in [2.75, 3.05) is 0 Å². The van der Waals surface area contributed by atoms with Gasteiger partial charge in [-0.3, -0.25) is 0 Å². The van der Waals surface area contributed by atoms with Crippen LogP contribution in [0.15, 0.2) is 35.9 Å². The van der Waals surface area contributed by atoms with E-state index in [2.05, 4.69) is 11.4 Å². The summed E-state index contributed by atoms with van der Waals surface area (Å²) in [7, 11) is 0. The van der Waals surface area contributed by atoms with Crippen LogP contribution in [0.2, 0.25) is 0 Å².